The third-order valence-corrected chi connectivity index (χ3v) is 3.05. The van der Waals surface area contributed by atoms with Gasteiger partial charge in [0, 0.05) is 19.2 Å². The van der Waals surface area contributed by atoms with Crippen molar-refractivity contribution in [3.05, 3.63) is 47.7 Å². The molecule has 0 unspecified atom stereocenters. The van der Waals surface area contributed by atoms with Gasteiger partial charge in [0.1, 0.15) is 5.82 Å². The minimum absolute atomic E-state index is 0.0895. The number of nitrogens with one attached hydrogen (secondary N) is 2. The predicted molar refractivity (Wildman–Crippen MR) is 86.3 cm³/mol. The molecule has 0 saturated carbocycles. The summed E-state index contributed by atoms with van der Waals surface area (Å²) in [5.41, 5.74) is 2.08. The van der Waals surface area contributed by atoms with Crippen molar-refractivity contribution >= 4 is 23.4 Å². The van der Waals surface area contributed by atoms with Crippen LogP contribution in [-0.2, 0) is 16.0 Å². The predicted octanol–water partition coefficient (Wildman–Crippen LogP) is 1.88. The van der Waals surface area contributed by atoms with E-state index in [0.29, 0.717) is 12.4 Å². The average Bonchev–Trinajstić information content (AvgIpc) is 2.56. The van der Waals surface area contributed by atoms with Crippen molar-refractivity contribution in [3.8, 4) is 0 Å². The van der Waals surface area contributed by atoms with E-state index < -0.39 is 5.97 Å². The zero-order valence-corrected chi connectivity index (χ0v) is 13.0. The molecule has 1 amide bonds. The van der Waals surface area contributed by atoms with Gasteiger partial charge in [-0.3, -0.25) is 4.79 Å². The molecule has 0 spiro atoms. The normalized spacial score (nSPS) is 10.0. The maximum absolute atomic E-state index is 11.2. The lowest BCUT2D eigenvalue weighted by Gasteiger charge is -2.07. The highest BCUT2D eigenvalue weighted by molar-refractivity contribution is 5.88. The van der Waals surface area contributed by atoms with Crippen LogP contribution in [0.5, 0.6) is 0 Å². The van der Waals surface area contributed by atoms with Crippen LogP contribution in [0.25, 0.3) is 0 Å². The van der Waals surface area contributed by atoms with E-state index >= 15 is 0 Å². The van der Waals surface area contributed by atoms with Crippen molar-refractivity contribution in [1.29, 1.82) is 0 Å². The Morgan fingerprint density at radius 3 is 2.39 bits per heavy atom. The lowest BCUT2D eigenvalue weighted by molar-refractivity contribution is -0.114. The van der Waals surface area contributed by atoms with Gasteiger partial charge in [-0.2, -0.15) is 0 Å². The van der Waals surface area contributed by atoms with E-state index in [1.165, 1.54) is 14.0 Å². The second-order valence-electron chi connectivity index (χ2n) is 4.85. The molecule has 0 aliphatic rings. The number of hydrogen-bond donors (Lipinski definition) is 2. The largest absolute Gasteiger partial charge is 0.464 e. The molecule has 0 aliphatic carbocycles. The van der Waals surface area contributed by atoms with E-state index in [4.69, 9.17) is 0 Å². The maximum atomic E-state index is 11.2. The zero-order chi connectivity index (χ0) is 16.7. The summed E-state index contributed by atoms with van der Waals surface area (Å²) in [5, 5.41) is 13.6. The molecule has 120 valence electrons. The number of amides is 1. The van der Waals surface area contributed by atoms with Crippen molar-refractivity contribution in [3.63, 3.8) is 0 Å². The van der Waals surface area contributed by atoms with Gasteiger partial charge in [-0.1, -0.05) is 12.1 Å². The first-order valence-electron chi connectivity index (χ1n) is 7.11. The standard InChI is InChI=1S/C16H18N4O3/c1-11(21)18-13-5-3-12(4-6-13)9-10-17-15-8-7-14(19-20-15)16(22)23-2/h3-8H,9-10H2,1-2H3,(H,17,20)(H,18,21). The van der Waals surface area contributed by atoms with Crippen LogP contribution in [0.15, 0.2) is 36.4 Å². The highest BCUT2D eigenvalue weighted by atomic mass is 16.5. The topological polar surface area (TPSA) is 93.2 Å². The first-order chi connectivity index (χ1) is 11.1. The van der Waals surface area contributed by atoms with Crippen LogP contribution in [-0.4, -0.2) is 35.7 Å². The highest BCUT2D eigenvalue weighted by Crippen LogP contribution is 2.10. The summed E-state index contributed by atoms with van der Waals surface area (Å²) in [7, 11) is 1.30. The molecule has 0 fully saturated rings. The van der Waals surface area contributed by atoms with Gasteiger partial charge >= 0.3 is 5.97 Å². The van der Waals surface area contributed by atoms with Gasteiger partial charge in [0.25, 0.3) is 0 Å². The zero-order valence-electron chi connectivity index (χ0n) is 13.0. The molecule has 0 bridgehead atoms. The number of carbonyl (C=O) groups is 2. The lowest BCUT2D eigenvalue weighted by Crippen LogP contribution is -2.10. The third kappa shape index (κ3) is 5.06. The number of rotatable bonds is 6. The van der Waals surface area contributed by atoms with Crippen molar-refractivity contribution in [1.82, 2.24) is 10.2 Å². The highest BCUT2D eigenvalue weighted by Gasteiger charge is 2.07. The Hall–Kier alpha value is -2.96. The van der Waals surface area contributed by atoms with Crippen LogP contribution in [0.2, 0.25) is 0 Å². The number of nitrogens with zero attached hydrogens (tertiary/aromatic N) is 2. The van der Waals surface area contributed by atoms with Crippen molar-refractivity contribution < 1.29 is 14.3 Å². The fourth-order valence-corrected chi connectivity index (χ4v) is 1.93. The second-order valence-corrected chi connectivity index (χ2v) is 4.85. The quantitative estimate of drug-likeness (QED) is 0.791. The summed E-state index contributed by atoms with van der Waals surface area (Å²) < 4.78 is 4.56. The van der Waals surface area contributed by atoms with Crippen LogP contribution >= 0.6 is 0 Å². The molecule has 7 heteroatoms. The Morgan fingerprint density at radius 2 is 1.83 bits per heavy atom. The molecule has 1 heterocycles. The molecular formula is C16H18N4O3. The summed E-state index contributed by atoms with van der Waals surface area (Å²) in [6, 6.07) is 10.9. The van der Waals surface area contributed by atoms with Crippen molar-refractivity contribution in [2.24, 2.45) is 0 Å². The summed E-state index contributed by atoms with van der Waals surface area (Å²) in [6.07, 6.45) is 0.792. The fourth-order valence-electron chi connectivity index (χ4n) is 1.93. The number of hydrogen-bond acceptors (Lipinski definition) is 6. The minimum atomic E-state index is -0.511. The molecule has 2 N–H and O–H groups in total. The molecule has 1 aromatic carbocycles. The van der Waals surface area contributed by atoms with Crippen LogP contribution in [0.4, 0.5) is 11.5 Å². The van der Waals surface area contributed by atoms with E-state index in [-0.39, 0.29) is 11.6 Å². The first kappa shape index (κ1) is 16.4. The second kappa shape index (κ2) is 7.88. The minimum Gasteiger partial charge on any atom is -0.464 e. The van der Waals surface area contributed by atoms with E-state index in [1.807, 2.05) is 24.3 Å². The van der Waals surface area contributed by atoms with Crippen LogP contribution < -0.4 is 10.6 Å². The van der Waals surface area contributed by atoms with Gasteiger partial charge in [0.05, 0.1) is 7.11 Å². The Morgan fingerprint density at radius 1 is 1.09 bits per heavy atom. The van der Waals surface area contributed by atoms with E-state index in [1.54, 1.807) is 12.1 Å². The molecule has 7 nitrogen and oxygen atoms in total. The first-order valence-corrected chi connectivity index (χ1v) is 7.11. The van der Waals surface area contributed by atoms with Crippen LogP contribution in [0.1, 0.15) is 23.0 Å². The number of anilines is 2. The Labute approximate surface area is 134 Å². The number of esters is 1. The van der Waals surface area contributed by atoms with Gasteiger partial charge in [-0.05, 0) is 36.2 Å². The molecule has 0 radical (unpaired) electrons. The number of methoxy groups -OCH3 is 1. The molecule has 23 heavy (non-hydrogen) atoms. The maximum Gasteiger partial charge on any atom is 0.358 e. The molecule has 1 aromatic heterocycles. The van der Waals surface area contributed by atoms with Crippen LogP contribution in [0.3, 0.4) is 0 Å². The van der Waals surface area contributed by atoms with Crippen LogP contribution in [0, 0.1) is 0 Å². The molecule has 0 aliphatic heterocycles. The average molecular weight is 314 g/mol. The molecule has 2 aromatic rings. The van der Waals surface area contributed by atoms with Gasteiger partial charge in [0.15, 0.2) is 5.69 Å². The molecule has 2 rings (SSSR count). The third-order valence-electron chi connectivity index (χ3n) is 3.05. The Kier molecular flexibility index (Phi) is 5.62. The number of carbonyl (C=O) groups excluding carboxylic acids is 2. The van der Waals surface area contributed by atoms with E-state index in [2.05, 4.69) is 25.6 Å². The Bertz CT molecular complexity index is 669. The number of ether oxygens (including phenoxy) is 1. The lowest BCUT2D eigenvalue weighted by atomic mass is 10.1. The fraction of sp³-hybridized carbons (Fsp3) is 0.250. The molecular weight excluding hydrogens is 296 g/mol. The van der Waals surface area contributed by atoms with Crippen molar-refractivity contribution in [2.75, 3.05) is 24.3 Å². The summed E-state index contributed by atoms with van der Waals surface area (Å²) in [4.78, 5) is 22.2. The SMILES string of the molecule is COC(=O)c1ccc(NCCc2ccc(NC(C)=O)cc2)nn1. The number of aromatic nitrogens is 2. The van der Waals surface area contributed by atoms with Gasteiger partial charge in [-0.25, -0.2) is 4.79 Å². The van der Waals surface area contributed by atoms with Gasteiger partial charge in [0.2, 0.25) is 5.91 Å². The smallest absolute Gasteiger partial charge is 0.358 e. The van der Waals surface area contributed by atoms with Crippen molar-refractivity contribution in [2.45, 2.75) is 13.3 Å². The van der Waals surface area contributed by atoms with Gasteiger partial charge in [-0.15, -0.1) is 10.2 Å². The monoisotopic (exact) mass is 314 g/mol. The summed E-state index contributed by atoms with van der Waals surface area (Å²) in [5.74, 6) is -0.00998. The van der Waals surface area contributed by atoms with E-state index in [9.17, 15) is 9.59 Å². The molecule has 0 atom stereocenters. The summed E-state index contributed by atoms with van der Waals surface area (Å²) in [6.45, 7) is 2.15. The Balaban J connectivity index is 1.82. The van der Waals surface area contributed by atoms with Gasteiger partial charge < -0.3 is 15.4 Å². The number of benzene rings is 1. The van der Waals surface area contributed by atoms with E-state index in [0.717, 1.165) is 17.7 Å². The molecule has 0 saturated heterocycles. The summed E-state index contributed by atoms with van der Waals surface area (Å²) >= 11 is 0.